The first-order valence-electron chi connectivity index (χ1n) is 13.2. The van der Waals surface area contributed by atoms with Crippen LogP contribution in [0.1, 0.15) is 41.7 Å². The van der Waals surface area contributed by atoms with E-state index in [0.29, 0.717) is 24.5 Å². The molecule has 3 aromatic carbocycles. The van der Waals surface area contributed by atoms with Crippen molar-refractivity contribution in [2.45, 2.75) is 46.7 Å². The highest BCUT2D eigenvalue weighted by atomic mass is 16.5. The van der Waals surface area contributed by atoms with Gasteiger partial charge in [-0.3, -0.25) is 4.79 Å². The van der Waals surface area contributed by atoms with Gasteiger partial charge in [-0.15, -0.1) is 5.10 Å². The van der Waals surface area contributed by atoms with Crippen molar-refractivity contribution in [3.63, 3.8) is 0 Å². The van der Waals surface area contributed by atoms with Crippen molar-refractivity contribution in [1.82, 2.24) is 9.78 Å². The van der Waals surface area contributed by atoms with Crippen LogP contribution in [0.4, 0.5) is 5.82 Å². The van der Waals surface area contributed by atoms with E-state index < -0.39 is 0 Å². The number of benzene rings is 3. The molecule has 7 nitrogen and oxygen atoms in total. The molecule has 7 heteroatoms. The molecular formula is C32H37N3O4. The van der Waals surface area contributed by atoms with Gasteiger partial charge in [-0.25, -0.2) is 4.68 Å². The maximum atomic E-state index is 13.5. The summed E-state index contributed by atoms with van der Waals surface area (Å²) in [6.45, 7) is 7.12. The van der Waals surface area contributed by atoms with Crippen molar-refractivity contribution >= 4 is 5.82 Å². The third kappa shape index (κ3) is 5.93. The molecule has 0 bridgehead atoms. The van der Waals surface area contributed by atoms with Crippen molar-refractivity contribution in [3.8, 4) is 28.4 Å². The smallest absolute Gasteiger partial charge is 0.278 e. The highest BCUT2D eigenvalue weighted by molar-refractivity contribution is 5.80. The average molecular weight is 528 g/mol. The number of aryl methyl sites for hydroxylation is 4. The Labute approximate surface area is 230 Å². The molecule has 0 atom stereocenters. The second-order valence-corrected chi connectivity index (χ2v) is 9.69. The van der Waals surface area contributed by atoms with Crippen molar-refractivity contribution in [2.24, 2.45) is 7.05 Å². The van der Waals surface area contributed by atoms with Crippen LogP contribution in [0, 0.1) is 6.92 Å². The Hall–Kier alpha value is -4.26. The fourth-order valence-corrected chi connectivity index (χ4v) is 4.98. The van der Waals surface area contributed by atoms with E-state index >= 15 is 0 Å². The molecule has 0 aliphatic carbocycles. The molecule has 0 saturated carbocycles. The molecule has 39 heavy (non-hydrogen) atoms. The lowest BCUT2D eigenvalue weighted by Crippen LogP contribution is -2.29. The minimum absolute atomic E-state index is 0.103. The first kappa shape index (κ1) is 27.8. The zero-order valence-corrected chi connectivity index (χ0v) is 23.6. The number of aromatic hydroxyl groups is 1. The van der Waals surface area contributed by atoms with Crippen LogP contribution < -0.4 is 19.9 Å². The summed E-state index contributed by atoms with van der Waals surface area (Å²) in [5, 5.41) is 16.4. The van der Waals surface area contributed by atoms with E-state index in [1.54, 1.807) is 21.3 Å². The molecule has 0 saturated heterocycles. The second kappa shape index (κ2) is 12.1. The van der Waals surface area contributed by atoms with Gasteiger partial charge in [0.15, 0.2) is 11.6 Å². The summed E-state index contributed by atoms with van der Waals surface area (Å²) in [5.74, 6) is 1.78. The van der Waals surface area contributed by atoms with E-state index in [1.165, 1.54) is 4.68 Å². The van der Waals surface area contributed by atoms with Gasteiger partial charge in [0, 0.05) is 20.1 Å². The average Bonchev–Trinajstić information content (AvgIpc) is 2.95. The zero-order chi connectivity index (χ0) is 28.1. The lowest BCUT2D eigenvalue weighted by atomic mass is 9.90. The Kier molecular flexibility index (Phi) is 8.59. The topological polar surface area (TPSA) is 76.8 Å². The Morgan fingerprint density at radius 2 is 1.28 bits per heavy atom. The largest absolute Gasteiger partial charge is 0.504 e. The monoisotopic (exact) mass is 527 g/mol. The molecule has 4 aromatic rings. The Morgan fingerprint density at radius 1 is 0.821 bits per heavy atom. The van der Waals surface area contributed by atoms with Gasteiger partial charge in [0.05, 0.1) is 19.8 Å². The lowest BCUT2D eigenvalue weighted by molar-refractivity contribution is 0.414. The van der Waals surface area contributed by atoms with Crippen LogP contribution in [-0.2, 0) is 33.0 Å². The van der Waals surface area contributed by atoms with Crippen LogP contribution in [0.15, 0.2) is 65.5 Å². The van der Waals surface area contributed by atoms with Gasteiger partial charge in [-0.1, -0.05) is 55.8 Å². The van der Waals surface area contributed by atoms with Crippen LogP contribution >= 0.6 is 0 Å². The van der Waals surface area contributed by atoms with E-state index in [2.05, 4.69) is 38.0 Å². The van der Waals surface area contributed by atoms with Crippen molar-refractivity contribution in [1.29, 1.82) is 0 Å². The molecule has 0 aliphatic heterocycles. The molecular weight excluding hydrogens is 490 g/mol. The summed E-state index contributed by atoms with van der Waals surface area (Å²) in [4.78, 5) is 15.5. The minimum atomic E-state index is -0.321. The van der Waals surface area contributed by atoms with Gasteiger partial charge in [-0.05, 0) is 71.8 Å². The summed E-state index contributed by atoms with van der Waals surface area (Å²) < 4.78 is 12.0. The standard InChI is InChI=1S/C32H37N3O4/c1-7-24-17-21(3)18-25(8-2)28(24)29-30(36)31(33-34(4)32(29)37)35(19-22-9-13-26(38-5)14-10-22)20-23-11-15-27(39-6)16-12-23/h9-18,36H,7-8,19-20H2,1-6H3. The van der Waals surface area contributed by atoms with Crippen LogP contribution in [0.5, 0.6) is 17.2 Å². The first-order valence-corrected chi connectivity index (χ1v) is 13.2. The second-order valence-electron chi connectivity index (χ2n) is 9.69. The zero-order valence-electron chi connectivity index (χ0n) is 23.6. The molecule has 0 spiro atoms. The van der Waals surface area contributed by atoms with Gasteiger partial charge < -0.3 is 19.5 Å². The van der Waals surface area contributed by atoms with E-state index in [9.17, 15) is 9.90 Å². The molecule has 0 fully saturated rings. The van der Waals surface area contributed by atoms with Crippen molar-refractivity contribution in [3.05, 3.63) is 98.8 Å². The normalized spacial score (nSPS) is 10.9. The summed E-state index contributed by atoms with van der Waals surface area (Å²) in [6.07, 6.45) is 1.48. The molecule has 0 aliphatic rings. The molecule has 1 aromatic heterocycles. The predicted octanol–water partition coefficient (Wildman–Crippen LogP) is 5.81. The molecule has 4 rings (SSSR count). The van der Waals surface area contributed by atoms with E-state index in [-0.39, 0.29) is 11.3 Å². The van der Waals surface area contributed by atoms with Crippen molar-refractivity contribution < 1.29 is 14.6 Å². The van der Waals surface area contributed by atoms with Gasteiger partial charge in [0.1, 0.15) is 11.5 Å². The summed E-state index contributed by atoms with van der Waals surface area (Å²) in [5.41, 5.74) is 6.02. The number of anilines is 1. The Morgan fingerprint density at radius 3 is 1.69 bits per heavy atom. The maximum Gasteiger partial charge on any atom is 0.278 e. The number of nitrogens with zero attached hydrogens (tertiary/aromatic N) is 3. The molecule has 0 amide bonds. The third-order valence-corrected chi connectivity index (χ3v) is 7.02. The minimum Gasteiger partial charge on any atom is -0.504 e. The Bertz CT molecular complexity index is 1420. The number of aromatic nitrogens is 2. The number of rotatable bonds is 10. The molecule has 0 radical (unpaired) electrons. The van der Waals surface area contributed by atoms with E-state index in [4.69, 9.17) is 9.47 Å². The van der Waals surface area contributed by atoms with E-state index in [1.807, 2.05) is 53.4 Å². The molecule has 1 heterocycles. The van der Waals surface area contributed by atoms with Gasteiger partial charge >= 0.3 is 0 Å². The predicted molar refractivity (Wildman–Crippen MR) is 156 cm³/mol. The van der Waals surface area contributed by atoms with Gasteiger partial charge in [0.25, 0.3) is 5.56 Å². The molecule has 204 valence electrons. The SMILES string of the molecule is CCc1cc(C)cc(CC)c1-c1c(O)c(N(Cc2ccc(OC)cc2)Cc2ccc(OC)cc2)nn(C)c1=O. The fraction of sp³-hybridized carbons (Fsp3) is 0.312. The van der Waals surface area contributed by atoms with Crippen LogP contribution in [0.3, 0.4) is 0 Å². The molecule has 0 unspecified atom stereocenters. The molecule has 1 N–H and O–H groups in total. The number of methoxy groups -OCH3 is 2. The fourth-order valence-electron chi connectivity index (χ4n) is 4.98. The van der Waals surface area contributed by atoms with Gasteiger partial charge in [0.2, 0.25) is 0 Å². The van der Waals surface area contributed by atoms with Crippen LogP contribution in [0.25, 0.3) is 11.1 Å². The van der Waals surface area contributed by atoms with Gasteiger partial charge in [-0.2, -0.15) is 0 Å². The summed E-state index contributed by atoms with van der Waals surface area (Å²) >= 11 is 0. The first-order chi connectivity index (χ1) is 18.8. The third-order valence-electron chi connectivity index (χ3n) is 7.02. The van der Waals surface area contributed by atoms with Crippen molar-refractivity contribution in [2.75, 3.05) is 19.1 Å². The highest BCUT2D eigenvalue weighted by Crippen LogP contribution is 2.39. The maximum absolute atomic E-state index is 13.5. The number of hydrogen-bond acceptors (Lipinski definition) is 6. The lowest BCUT2D eigenvalue weighted by Gasteiger charge is -2.27. The number of ether oxygens (including phenoxy) is 2. The summed E-state index contributed by atoms with van der Waals surface area (Å²) in [7, 11) is 4.91. The highest BCUT2D eigenvalue weighted by Gasteiger charge is 2.25. The van der Waals surface area contributed by atoms with E-state index in [0.717, 1.165) is 57.7 Å². The van der Waals surface area contributed by atoms with Crippen LogP contribution in [-0.4, -0.2) is 29.1 Å². The van der Waals surface area contributed by atoms with Crippen LogP contribution in [0.2, 0.25) is 0 Å². The summed E-state index contributed by atoms with van der Waals surface area (Å²) in [6, 6.07) is 19.8. The Balaban J connectivity index is 1.89. The number of hydrogen-bond donors (Lipinski definition) is 1. The quantitative estimate of drug-likeness (QED) is 0.281.